The molecule has 0 atom stereocenters. The fraction of sp³-hybridized carbons (Fsp3) is 0.647. The highest BCUT2D eigenvalue weighted by Crippen LogP contribution is 2.31. The van der Waals surface area contributed by atoms with Crippen LogP contribution in [0.15, 0.2) is 12.3 Å². The third kappa shape index (κ3) is 3.18. The molecule has 5 heteroatoms. The minimum atomic E-state index is -0.455. The molecule has 0 saturated carbocycles. The third-order valence-electron chi connectivity index (χ3n) is 4.16. The van der Waals surface area contributed by atoms with E-state index in [1.807, 2.05) is 31.6 Å². The summed E-state index contributed by atoms with van der Waals surface area (Å²) in [6.45, 7) is 7.68. The van der Waals surface area contributed by atoms with E-state index in [0.29, 0.717) is 13.1 Å². The Bertz CT molecular complexity index is 596. The summed E-state index contributed by atoms with van der Waals surface area (Å²) in [7, 11) is 0. The SMILES string of the molecule is CC(C)(C)OC(=O)N1CCn2ncc(C3=CCCCC3)c2C1. The lowest BCUT2D eigenvalue weighted by molar-refractivity contribution is 0.0194. The van der Waals surface area contributed by atoms with Crippen LogP contribution in [0.5, 0.6) is 0 Å². The Morgan fingerprint density at radius 1 is 1.27 bits per heavy atom. The van der Waals surface area contributed by atoms with Crippen LogP contribution in [0.3, 0.4) is 0 Å². The Kier molecular flexibility index (Phi) is 3.98. The van der Waals surface area contributed by atoms with E-state index in [-0.39, 0.29) is 6.09 Å². The molecule has 1 aromatic heterocycles. The van der Waals surface area contributed by atoms with Crippen LogP contribution in [0, 0.1) is 0 Å². The van der Waals surface area contributed by atoms with Gasteiger partial charge in [0.1, 0.15) is 5.60 Å². The Balaban J connectivity index is 1.78. The quantitative estimate of drug-likeness (QED) is 0.796. The van der Waals surface area contributed by atoms with Crippen molar-refractivity contribution < 1.29 is 9.53 Å². The van der Waals surface area contributed by atoms with Gasteiger partial charge >= 0.3 is 6.09 Å². The highest BCUT2D eigenvalue weighted by Gasteiger charge is 2.28. The lowest BCUT2D eigenvalue weighted by atomic mass is 9.93. The van der Waals surface area contributed by atoms with Crippen LogP contribution in [0.2, 0.25) is 0 Å². The summed E-state index contributed by atoms with van der Waals surface area (Å²) in [5, 5.41) is 4.50. The summed E-state index contributed by atoms with van der Waals surface area (Å²) < 4.78 is 7.53. The maximum Gasteiger partial charge on any atom is 0.410 e. The van der Waals surface area contributed by atoms with Crippen LogP contribution in [-0.2, 0) is 17.8 Å². The van der Waals surface area contributed by atoms with Crippen LogP contribution in [0.4, 0.5) is 4.79 Å². The number of allylic oxidation sites excluding steroid dienone is 2. The number of rotatable bonds is 1. The van der Waals surface area contributed by atoms with Gasteiger partial charge in [0.25, 0.3) is 0 Å². The van der Waals surface area contributed by atoms with Crippen LogP contribution in [0.25, 0.3) is 5.57 Å². The number of nitrogens with zero attached hydrogens (tertiary/aromatic N) is 3. The predicted octanol–water partition coefficient (Wildman–Crippen LogP) is 3.59. The first-order valence-corrected chi connectivity index (χ1v) is 8.16. The van der Waals surface area contributed by atoms with Crippen molar-refractivity contribution in [3.05, 3.63) is 23.5 Å². The monoisotopic (exact) mass is 303 g/mol. The molecule has 1 aromatic rings. The molecule has 0 fully saturated rings. The number of fused-ring (bicyclic) bond motifs is 1. The standard InChI is InChI=1S/C17H25N3O2/c1-17(2,3)22-16(21)19-9-10-20-15(12-19)14(11-18-20)13-7-5-4-6-8-13/h7,11H,4-6,8-10,12H2,1-3H3. The van der Waals surface area contributed by atoms with Gasteiger partial charge in [0.05, 0.1) is 25.0 Å². The largest absolute Gasteiger partial charge is 0.444 e. The molecule has 120 valence electrons. The first-order valence-electron chi connectivity index (χ1n) is 8.16. The smallest absolute Gasteiger partial charge is 0.410 e. The van der Waals surface area contributed by atoms with Gasteiger partial charge in [-0.25, -0.2) is 4.79 Å². The van der Waals surface area contributed by atoms with E-state index in [1.54, 1.807) is 4.90 Å². The van der Waals surface area contributed by atoms with Gasteiger partial charge in [0, 0.05) is 12.1 Å². The van der Waals surface area contributed by atoms with Crippen molar-refractivity contribution in [1.82, 2.24) is 14.7 Å². The fourth-order valence-corrected chi connectivity index (χ4v) is 3.08. The Hall–Kier alpha value is -1.78. The van der Waals surface area contributed by atoms with Gasteiger partial charge in [0.15, 0.2) is 0 Å². The topological polar surface area (TPSA) is 47.4 Å². The molecule has 22 heavy (non-hydrogen) atoms. The first kappa shape index (κ1) is 15.1. The van der Waals surface area contributed by atoms with E-state index in [2.05, 4.69) is 11.2 Å². The van der Waals surface area contributed by atoms with Crippen LogP contribution >= 0.6 is 0 Å². The number of ether oxygens (including phenoxy) is 1. The molecule has 0 aromatic carbocycles. The molecule has 2 heterocycles. The maximum atomic E-state index is 12.3. The van der Waals surface area contributed by atoms with E-state index in [4.69, 9.17) is 4.74 Å². The second kappa shape index (κ2) is 5.78. The number of carbonyl (C=O) groups is 1. The highest BCUT2D eigenvalue weighted by molar-refractivity contribution is 5.70. The Labute approximate surface area is 131 Å². The summed E-state index contributed by atoms with van der Waals surface area (Å²) in [4.78, 5) is 14.1. The van der Waals surface area contributed by atoms with Gasteiger partial charge in [-0.05, 0) is 52.0 Å². The van der Waals surface area contributed by atoms with Gasteiger partial charge in [-0.1, -0.05) is 6.08 Å². The number of amides is 1. The molecule has 0 saturated heterocycles. The van der Waals surface area contributed by atoms with Crippen molar-refractivity contribution in [2.24, 2.45) is 0 Å². The molecule has 0 spiro atoms. The molecular formula is C17H25N3O2. The number of aromatic nitrogens is 2. The molecule has 0 radical (unpaired) electrons. The van der Waals surface area contributed by atoms with Gasteiger partial charge in [-0.3, -0.25) is 4.68 Å². The van der Waals surface area contributed by atoms with E-state index >= 15 is 0 Å². The normalized spacial score (nSPS) is 18.7. The van der Waals surface area contributed by atoms with E-state index in [1.165, 1.54) is 24.0 Å². The summed E-state index contributed by atoms with van der Waals surface area (Å²) in [6, 6.07) is 0. The van der Waals surface area contributed by atoms with Crippen LogP contribution in [0.1, 0.15) is 57.7 Å². The first-order chi connectivity index (χ1) is 10.4. The fourth-order valence-electron chi connectivity index (χ4n) is 3.08. The number of hydrogen-bond donors (Lipinski definition) is 0. The zero-order valence-corrected chi connectivity index (χ0v) is 13.8. The molecule has 0 bridgehead atoms. The second-order valence-corrected chi connectivity index (χ2v) is 7.11. The maximum absolute atomic E-state index is 12.3. The molecule has 3 rings (SSSR count). The lowest BCUT2D eigenvalue weighted by Crippen LogP contribution is -2.41. The number of carbonyl (C=O) groups excluding carboxylic acids is 1. The third-order valence-corrected chi connectivity index (χ3v) is 4.16. The summed E-state index contributed by atoms with van der Waals surface area (Å²) in [5.74, 6) is 0. The molecule has 1 amide bonds. The average Bonchev–Trinajstić information content (AvgIpc) is 2.89. The zero-order chi connectivity index (χ0) is 15.7. The van der Waals surface area contributed by atoms with Gasteiger partial charge in [-0.15, -0.1) is 0 Å². The van der Waals surface area contributed by atoms with Crippen molar-refractivity contribution in [3.63, 3.8) is 0 Å². The molecular weight excluding hydrogens is 278 g/mol. The van der Waals surface area contributed by atoms with E-state index < -0.39 is 5.60 Å². The zero-order valence-electron chi connectivity index (χ0n) is 13.8. The van der Waals surface area contributed by atoms with Gasteiger partial charge in [0.2, 0.25) is 0 Å². The molecule has 1 aliphatic heterocycles. The summed E-state index contributed by atoms with van der Waals surface area (Å²) in [5.41, 5.74) is 3.29. The van der Waals surface area contributed by atoms with Crippen molar-refractivity contribution in [2.45, 2.75) is 65.1 Å². The van der Waals surface area contributed by atoms with Crippen molar-refractivity contribution in [2.75, 3.05) is 6.54 Å². The molecule has 5 nitrogen and oxygen atoms in total. The van der Waals surface area contributed by atoms with Crippen LogP contribution < -0.4 is 0 Å². The van der Waals surface area contributed by atoms with E-state index in [0.717, 1.165) is 25.1 Å². The Morgan fingerprint density at radius 3 is 2.77 bits per heavy atom. The predicted molar refractivity (Wildman–Crippen MR) is 85.3 cm³/mol. The van der Waals surface area contributed by atoms with Gasteiger partial charge < -0.3 is 9.64 Å². The molecule has 0 unspecified atom stereocenters. The Morgan fingerprint density at radius 2 is 2.09 bits per heavy atom. The average molecular weight is 303 g/mol. The lowest BCUT2D eigenvalue weighted by Gasteiger charge is -2.31. The second-order valence-electron chi connectivity index (χ2n) is 7.11. The summed E-state index contributed by atoms with van der Waals surface area (Å²) >= 11 is 0. The van der Waals surface area contributed by atoms with Crippen molar-refractivity contribution in [3.8, 4) is 0 Å². The van der Waals surface area contributed by atoms with Crippen LogP contribution in [-0.4, -0.2) is 32.9 Å². The molecule has 1 aliphatic carbocycles. The van der Waals surface area contributed by atoms with Crippen molar-refractivity contribution >= 4 is 11.7 Å². The van der Waals surface area contributed by atoms with Crippen molar-refractivity contribution in [1.29, 1.82) is 0 Å². The molecule has 2 aliphatic rings. The number of hydrogen-bond acceptors (Lipinski definition) is 3. The van der Waals surface area contributed by atoms with E-state index in [9.17, 15) is 4.79 Å². The highest BCUT2D eigenvalue weighted by atomic mass is 16.6. The van der Waals surface area contributed by atoms with Gasteiger partial charge in [-0.2, -0.15) is 5.10 Å². The minimum Gasteiger partial charge on any atom is -0.444 e. The molecule has 0 N–H and O–H groups in total. The minimum absolute atomic E-state index is 0.233. The summed E-state index contributed by atoms with van der Waals surface area (Å²) in [6.07, 6.45) is 8.84.